The minimum atomic E-state index is -1.29. The van der Waals surface area contributed by atoms with Gasteiger partial charge in [0.15, 0.2) is 5.60 Å². The van der Waals surface area contributed by atoms with Crippen LogP contribution in [0.3, 0.4) is 0 Å². The molecule has 1 heterocycles. The molecule has 0 radical (unpaired) electrons. The molecule has 1 aromatic heterocycles. The van der Waals surface area contributed by atoms with Crippen LogP contribution in [0.5, 0.6) is 5.75 Å². The van der Waals surface area contributed by atoms with Crippen molar-refractivity contribution in [1.82, 2.24) is 4.98 Å². The van der Waals surface area contributed by atoms with Gasteiger partial charge in [0, 0.05) is 17.4 Å². The van der Waals surface area contributed by atoms with Crippen molar-refractivity contribution >= 4 is 35.2 Å². The van der Waals surface area contributed by atoms with Crippen molar-refractivity contribution in [3.05, 3.63) is 75.6 Å². The molecule has 0 spiro atoms. The zero-order chi connectivity index (χ0) is 23.5. The smallest absolute Gasteiger partial charge is 0.347 e. The first-order valence-electron chi connectivity index (χ1n) is 10.2. The molecule has 0 saturated heterocycles. The quantitative estimate of drug-likeness (QED) is 0.372. The van der Waals surface area contributed by atoms with E-state index in [1.165, 1.54) is 13.8 Å². The van der Waals surface area contributed by atoms with Gasteiger partial charge in [-0.1, -0.05) is 61.3 Å². The van der Waals surface area contributed by atoms with Crippen LogP contribution in [0, 0.1) is 0 Å². The zero-order valence-corrected chi connectivity index (χ0v) is 19.9. The molecule has 0 amide bonds. The molecule has 3 rings (SSSR count). The number of oxazole rings is 1. The second-order valence-corrected chi connectivity index (χ2v) is 9.05. The predicted molar refractivity (Wildman–Crippen MR) is 128 cm³/mol. The third-order valence-corrected chi connectivity index (χ3v) is 5.35. The van der Waals surface area contributed by atoms with E-state index < -0.39 is 11.6 Å². The topological polar surface area (TPSA) is 72.6 Å². The van der Waals surface area contributed by atoms with E-state index in [4.69, 9.17) is 32.4 Å². The Bertz CT molecular complexity index is 1130. The van der Waals surface area contributed by atoms with Gasteiger partial charge in [0.05, 0.1) is 16.3 Å². The maximum atomic E-state index is 11.2. The Balaban J connectivity index is 1.75. The number of rotatable bonds is 8. The van der Waals surface area contributed by atoms with Crippen molar-refractivity contribution < 1.29 is 19.1 Å². The average Bonchev–Trinajstić information content (AvgIpc) is 3.13. The van der Waals surface area contributed by atoms with E-state index in [0.29, 0.717) is 33.7 Å². The van der Waals surface area contributed by atoms with E-state index in [0.717, 1.165) is 17.0 Å². The van der Waals surface area contributed by atoms with Gasteiger partial charge >= 0.3 is 5.97 Å². The third-order valence-electron chi connectivity index (χ3n) is 4.80. The number of aromatic nitrogens is 1. The summed E-state index contributed by atoms with van der Waals surface area (Å²) in [5.41, 5.74) is 1.22. The van der Waals surface area contributed by atoms with Crippen molar-refractivity contribution in [3.63, 3.8) is 0 Å². The van der Waals surface area contributed by atoms with E-state index in [2.05, 4.69) is 18.8 Å². The van der Waals surface area contributed by atoms with E-state index >= 15 is 0 Å². The van der Waals surface area contributed by atoms with Gasteiger partial charge in [0.25, 0.3) is 0 Å². The Morgan fingerprint density at radius 2 is 1.88 bits per heavy atom. The number of carboxylic acids is 1. The molecular formula is C25H25Cl2NO4. The summed E-state index contributed by atoms with van der Waals surface area (Å²) in [6.07, 6.45) is 4.57. The molecule has 0 bridgehead atoms. The first-order chi connectivity index (χ1) is 15.1. The van der Waals surface area contributed by atoms with E-state index in [1.54, 1.807) is 30.3 Å². The molecule has 0 aliphatic carbocycles. The van der Waals surface area contributed by atoms with Gasteiger partial charge < -0.3 is 14.3 Å². The van der Waals surface area contributed by atoms with Crippen molar-refractivity contribution in [3.8, 4) is 17.2 Å². The van der Waals surface area contributed by atoms with Crippen LogP contribution < -0.4 is 4.74 Å². The maximum absolute atomic E-state index is 11.2. The standard InChI is InChI=1S/C25H25Cl2NO4/c1-15(2)22-21(28-23(31-22)19-13-10-17(26)14-20(19)27)7-5-6-16-8-11-18(12-9-16)32-25(3,4)24(29)30/h5-6,8-15H,7H2,1-4H3,(H,29,30). The van der Waals surface area contributed by atoms with Crippen LogP contribution in [-0.4, -0.2) is 21.7 Å². The van der Waals surface area contributed by atoms with Gasteiger partial charge in [-0.25, -0.2) is 9.78 Å². The zero-order valence-electron chi connectivity index (χ0n) is 18.4. The molecular weight excluding hydrogens is 449 g/mol. The first kappa shape index (κ1) is 23.9. The van der Waals surface area contributed by atoms with E-state index in [1.807, 2.05) is 24.3 Å². The fourth-order valence-corrected chi connectivity index (χ4v) is 3.52. The Kier molecular flexibility index (Phi) is 7.32. The molecule has 7 heteroatoms. The molecule has 0 atom stereocenters. The highest BCUT2D eigenvalue weighted by Crippen LogP contribution is 2.33. The number of aliphatic carboxylic acids is 1. The highest BCUT2D eigenvalue weighted by molar-refractivity contribution is 6.36. The lowest BCUT2D eigenvalue weighted by molar-refractivity contribution is -0.152. The minimum Gasteiger partial charge on any atom is -0.478 e. The summed E-state index contributed by atoms with van der Waals surface area (Å²) in [7, 11) is 0. The van der Waals surface area contributed by atoms with Crippen LogP contribution in [0.15, 0.2) is 53.0 Å². The number of halogens is 2. The fourth-order valence-electron chi connectivity index (χ4n) is 3.03. The van der Waals surface area contributed by atoms with Crippen LogP contribution in [0.2, 0.25) is 10.0 Å². The lowest BCUT2D eigenvalue weighted by atomic mass is 10.1. The highest BCUT2D eigenvalue weighted by atomic mass is 35.5. The van der Waals surface area contributed by atoms with Gasteiger partial charge in [-0.05, 0) is 49.7 Å². The number of ether oxygens (including phenoxy) is 1. The number of carbonyl (C=O) groups is 1. The van der Waals surface area contributed by atoms with Crippen molar-refractivity contribution in [2.24, 2.45) is 0 Å². The maximum Gasteiger partial charge on any atom is 0.347 e. The molecule has 0 unspecified atom stereocenters. The first-order valence-corrected chi connectivity index (χ1v) is 11.0. The molecule has 0 aliphatic rings. The number of carboxylic acid groups (broad SMARTS) is 1. The predicted octanol–water partition coefficient (Wildman–Crippen LogP) is 7.27. The number of hydrogen-bond donors (Lipinski definition) is 1. The number of benzene rings is 2. The van der Waals surface area contributed by atoms with Gasteiger partial charge in [-0.15, -0.1) is 0 Å². The summed E-state index contributed by atoms with van der Waals surface area (Å²) in [6.45, 7) is 7.13. The molecule has 0 saturated carbocycles. The number of hydrogen-bond acceptors (Lipinski definition) is 4. The van der Waals surface area contributed by atoms with Crippen LogP contribution >= 0.6 is 23.2 Å². The summed E-state index contributed by atoms with van der Waals surface area (Å²) in [5, 5.41) is 10.2. The lowest BCUT2D eigenvalue weighted by Crippen LogP contribution is -2.37. The van der Waals surface area contributed by atoms with Gasteiger partial charge in [0.1, 0.15) is 11.5 Å². The van der Waals surface area contributed by atoms with Crippen molar-refractivity contribution in [1.29, 1.82) is 0 Å². The van der Waals surface area contributed by atoms with E-state index in [9.17, 15) is 9.90 Å². The number of allylic oxidation sites excluding steroid dienone is 1. The molecule has 2 aromatic carbocycles. The summed E-state index contributed by atoms with van der Waals surface area (Å²) < 4.78 is 11.6. The molecule has 0 aliphatic heterocycles. The molecule has 3 aromatic rings. The van der Waals surface area contributed by atoms with Gasteiger partial charge in [-0.2, -0.15) is 0 Å². The Hall–Kier alpha value is -2.76. The van der Waals surface area contributed by atoms with Crippen LogP contribution in [-0.2, 0) is 11.2 Å². The number of nitrogens with zero attached hydrogens (tertiary/aromatic N) is 1. The average molecular weight is 474 g/mol. The third kappa shape index (κ3) is 5.72. The SMILES string of the molecule is CC(C)c1oc(-c2ccc(Cl)cc2Cl)nc1CC=Cc1ccc(OC(C)(C)C(=O)O)cc1. The second kappa shape index (κ2) is 9.80. The summed E-state index contributed by atoms with van der Waals surface area (Å²) >= 11 is 12.3. The molecule has 32 heavy (non-hydrogen) atoms. The largest absolute Gasteiger partial charge is 0.478 e. The Morgan fingerprint density at radius 3 is 2.47 bits per heavy atom. The minimum absolute atomic E-state index is 0.166. The molecule has 1 N–H and O–H groups in total. The molecule has 0 fully saturated rings. The van der Waals surface area contributed by atoms with Gasteiger partial charge in [-0.3, -0.25) is 0 Å². The van der Waals surface area contributed by atoms with Crippen LogP contribution in [0.1, 0.15) is 50.6 Å². The molecule has 168 valence electrons. The van der Waals surface area contributed by atoms with Crippen LogP contribution in [0.25, 0.3) is 17.5 Å². The van der Waals surface area contributed by atoms with Crippen molar-refractivity contribution in [2.75, 3.05) is 0 Å². The normalized spacial score (nSPS) is 12.0. The Labute approximate surface area is 197 Å². The summed E-state index contributed by atoms with van der Waals surface area (Å²) in [5.74, 6) is 0.934. The summed E-state index contributed by atoms with van der Waals surface area (Å²) in [6, 6.07) is 12.5. The van der Waals surface area contributed by atoms with E-state index in [-0.39, 0.29) is 5.92 Å². The lowest BCUT2D eigenvalue weighted by Gasteiger charge is -2.21. The van der Waals surface area contributed by atoms with Crippen LogP contribution in [0.4, 0.5) is 0 Å². The summed E-state index contributed by atoms with van der Waals surface area (Å²) in [4.78, 5) is 15.9. The monoisotopic (exact) mass is 473 g/mol. The highest BCUT2D eigenvalue weighted by Gasteiger charge is 2.29. The molecule has 5 nitrogen and oxygen atoms in total. The van der Waals surface area contributed by atoms with Gasteiger partial charge in [0.2, 0.25) is 5.89 Å². The second-order valence-electron chi connectivity index (χ2n) is 8.20. The Morgan fingerprint density at radius 1 is 1.19 bits per heavy atom. The fraction of sp³-hybridized carbons (Fsp3) is 0.280. The van der Waals surface area contributed by atoms with Crippen molar-refractivity contribution in [2.45, 2.75) is 45.6 Å².